The molecule has 2 N–H and O–H groups in total. The van der Waals surface area contributed by atoms with Crippen molar-refractivity contribution in [3.05, 3.63) is 39.7 Å². The molecule has 104 valence electrons. The number of hydrogen-bond acceptors (Lipinski definition) is 5. The van der Waals surface area contributed by atoms with Crippen LogP contribution in [0.25, 0.3) is 0 Å². The molecule has 8 heteroatoms. The lowest BCUT2D eigenvalue weighted by atomic mass is 10.2. The summed E-state index contributed by atoms with van der Waals surface area (Å²) in [6.45, 7) is 1.79. The second-order valence-corrected chi connectivity index (χ2v) is 5.47. The third-order valence-corrected chi connectivity index (χ3v) is 3.79. The third kappa shape index (κ3) is 4.54. The Hall–Kier alpha value is -0.460. The van der Waals surface area contributed by atoms with Gasteiger partial charge in [-0.15, -0.1) is 10.2 Å². The van der Waals surface area contributed by atoms with Gasteiger partial charge in [-0.3, -0.25) is 0 Å². The molecular weight excluding hydrogens is 329 g/mol. The SMILES string of the molecule is C[C@H](N)c1nnc(SCc2ccc(Cl)c(Cl)c2)o1.[Cl-]. The van der Waals surface area contributed by atoms with E-state index in [4.69, 9.17) is 33.4 Å². The first-order chi connectivity index (χ1) is 8.56. The molecule has 0 aliphatic carbocycles. The number of rotatable bonds is 4. The van der Waals surface area contributed by atoms with E-state index in [2.05, 4.69) is 10.2 Å². The average Bonchev–Trinajstić information content (AvgIpc) is 2.79. The summed E-state index contributed by atoms with van der Waals surface area (Å²) in [5.74, 6) is 1.11. The van der Waals surface area contributed by atoms with Crippen molar-refractivity contribution in [2.75, 3.05) is 0 Å². The smallest absolute Gasteiger partial charge is 0.276 e. The van der Waals surface area contributed by atoms with Crippen LogP contribution in [0.3, 0.4) is 0 Å². The van der Waals surface area contributed by atoms with E-state index in [9.17, 15) is 0 Å². The Morgan fingerprint density at radius 1 is 1.32 bits per heavy atom. The highest BCUT2D eigenvalue weighted by molar-refractivity contribution is 7.98. The number of thioether (sulfide) groups is 1. The molecular formula is C11H11Cl3N3OS-. The molecule has 1 aromatic heterocycles. The van der Waals surface area contributed by atoms with Gasteiger partial charge >= 0.3 is 0 Å². The van der Waals surface area contributed by atoms with Gasteiger partial charge in [-0.25, -0.2) is 0 Å². The van der Waals surface area contributed by atoms with E-state index in [1.54, 1.807) is 13.0 Å². The fourth-order valence-electron chi connectivity index (χ4n) is 1.24. The first-order valence-corrected chi connectivity index (χ1v) is 6.96. The normalized spacial score (nSPS) is 12.0. The molecule has 1 heterocycles. The monoisotopic (exact) mass is 338 g/mol. The Morgan fingerprint density at radius 3 is 2.63 bits per heavy atom. The Morgan fingerprint density at radius 2 is 2.05 bits per heavy atom. The number of nitrogens with zero attached hydrogens (tertiary/aromatic N) is 2. The zero-order chi connectivity index (χ0) is 13.1. The summed E-state index contributed by atoms with van der Waals surface area (Å²) >= 11 is 13.2. The molecule has 2 rings (SSSR count). The number of hydrogen-bond donors (Lipinski definition) is 1. The van der Waals surface area contributed by atoms with Crippen LogP contribution in [-0.2, 0) is 5.75 Å². The van der Waals surface area contributed by atoms with Crippen LogP contribution in [-0.4, -0.2) is 10.2 Å². The molecule has 0 fully saturated rings. The van der Waals surface area contributed by atoms with Crippen LogP contribution in [0.4, 0.5) is 0 Å². The fourth-order valence-corrected chi connectivity index (χ4v) is 2.27. The van der Waals surface area contributed by atoms with E-state index >= 15 is 0 Å². The van der Waals surface area contributed by atoms with Gasteiger partial charge in [0.2, 0.25) is 5.89 Å². The minimum Gasteiger partial charge on any atom is -1.00 e. The van der Waals surface area contributed by atoms with Crippen molar-refractivity contribution in [1.82, 2.24) is 10.2 Å². The van der Waals surface area contributed by atoms with Crippen molar-refractivity contribution in [2.45, 2.75) is 23.9 Å². The molecule has 0 amide bonds. The molecule has 0 saturated carbocycles. The van der Waals surface area contributed by atoms with Gasteiger partial charge in [0.25, 0.3) is 5.22 Å². The zero-order valence-electron chi connectivity index (χ0n) is 9.94. The molecule has 1 atom stereocenters. The Labute approximate surface area is 131 Å². The van der Waals surface area contributed by atoms with Gasteiger partial charge in [0.15, 0.2) is 0 Å². The number of benzene rings is 1. The maximum atomic E-state index is 5.93. The third-order valence-electron chi connectivity index (χ3n) is 2.16. The van der Waals surface area contributed by atoms with Gasteiger partial charge in [-0.1, -0.05) is 41.0 Å². The van der Waals surface area contributed by atoms with Crippen molar-refractivity contribution in [2.24, 2.45) is 5.73 Å². The topological polar surface area (TPSA) is 64.9 Å². The average molecular weight is 340 g/mol. The van der Waals surface area contributed by atoms with Gasteiger partial charge < -0.3 is 22.6 Å². The van der Waals surface area contributed by atoms with E-state index in [-0.39, 0.29) is 18.4 Å². The highest BCUT2D eigenvalue weighted by atomic mass is 35.5. The molecule has 0 aliphatic rings. The predicted octanol–water partition coefficient (Wildman–Crippen LogP) is 0.692. The van der Waals surface area contributed by atoms with Gasteiger partial charge in [0.1, 0.15) is 0 Å². The maximum Gasteiger partial charge on any atom is 0.276 e. The molecule has 19 heavy (non-hydrogen) atoms. The molecule has 0 bridgehead atoms. The van der Waals surface area contributed by atoms with E-state index in [1.165, 1.54) is 11.8 Å². The van der Waals surface area contributed by atoms with Crippen molar-refractivity contribution in [1.29, 1.82) is 0 Å². The lowest BCUT2D eigenvalue weighted by molar-refractivity contribution is -0.00000423. The Kier molecular flexibility index (Phi) is 6.42. The molecule has 0 aliphatic heterocycles. The summed E-state index contributed by atoms with van der Waals surface area (Å²) in [6.07, 6.45) is 0. The van der Waals surface area contributed by atoms with Crippen LogP contribution in [0.2, 0.25) is 10.0 Å². The van der Waals surface area contributed by atoms with Gasteiger partial charge in [0.05, 0.1) is 16.1 Å². The van der Waals surface area contributed by atoms with Crippen molar-refractivity contribution in [3.63, 3.8) is 0 Å². The molecule has 0 radical (unpaired) electrons. The van der Waals surface area contributed by atoms with E-state index in [0.29, 0.717) is 26.9 Å². The number of aromatic nitrogens is 2. The second-order valence-electron chi connectivity index (χ2n) is 3.73. The fraction of sp³-hybridized carbons (Fsp3) is 0.273. The van der Waals surface area contributed by atoms with Crippen molar-refractivity contribution >= 4 is 35.0 Å². The lowest BCUT2D eigenvalue weighted by Crippen LogP contribution is -3.00. The predicted molar refractivity (Wildman–Crippen MR) is 72.9 cm³/mol. The van der Waals surface area contributed by atoms with Gasteiger partial charge in [-0.05, 0) is 24.6 Å². The van der Waals surface area contributed by atoms with Crippen molar-refractivity contribution < 1.29 is 16.8 Å². The standard InChI is InChI=1S/C11H11Cl2N3OS.ClH/c1-6(14)10-15-16-11(17-10)18-5-7-2-3-8(12)9(13)4-7;/h2-4,6H,5,14H2,1H3;1H/p-1/t6-;/m0./s1. The molecule has 1 aromatic carbocycles. The summed E-state index contributed by atoms with van der Waals surface area (Å²) in [4.78, 5) is 0. The van der Waals surface area contributed by atoms with Crippen LogP contribution in [0, 0.1) is 0 Å². The van der Waals surface area contributed by atoms with Crippen LogP contribution < -0.4 is 18.1 Å². The van der Waals surface area contributed by atoms with Gasteiger partial charge in [-0.2, -0.15) is 0 Å². The molecule has 0 spiro atoms. The van der Waals surface area contributed by atoms with Crippen LogP contribution in [0.1, 0.15) is 24.4 Å². The molecule has 4 nitrogen and oxygen atoms in total. The Bertz CT molecular complexity index is 548. The summed E-state index contributed by atoms with van der Waals surface area (Å²) < 4.78 is 5.38. The van der Waals surface area contributed by atoms with Crippen LogP contribution >= 0.6 is 35.0 Å². The van der Waals surface area contributed by atoms with E-state index < -0.39 is 0 Å². The van der Waals surface area contributed by atoms with Crippen LogP contribution in [0.15, 0.2) is 27.8 Å². The second kappa shape index (κ2) is 7.36. The molecule has 0 saturated heterocycles. The summed E-state index contributed by atoms with van der Waals surface area (Å²) in [7, 11) is 0. The van der Waals surface area contributed by atoms with E-state index in [1.807, 2.05) is 12.1 Å². The first-order valence-electron chi connectivity index (χ1n) is 5.22. The summed E-state index contributed by atoms with van der Waals surface area (Å²) in [6, 6.07) is 5.24. The summed E-state index contributed by atoms with van der Waals surface area (Å²) in [5.41, 5.74) is 6.67. The lowest BCUT2D eigenvalue weighted by Gasteiger charge is -2.01. The van der Waals surface area contributed by atoms with E-state index in [0.717, 1.165) is 5.56 Å². The van der Waals surface area contributed by atoms with Gasteiger partial charge in [0, 0.05) is 5.75 Å². The minimum atomic E-state index is -0.253. The zero-order valence-corrected chi connectivity index (χ0v) is 13.0. The quantitative estimate of drug-likeness (QED) is 0.831. The molecule has 0 unspecified atom stereocenters. The number of halogens is 3. The largest absolute Gasteiger partial charge is 1.00 e. The Balaban J connectivity index is 0.00000180. The van der Waals surface area contributed by atoms with Crippen molar-refractivity contribution in [3.8, 4) is 0 Å². The minimum absolute atomic E-state index is 0. The number of nitrogens with two attached hydrogens (primary N) is 1. The molecule has 2 aromatic rings. The highest BCUT2D eigenvalue weighted by Gasteiger charge is 2.10. The summed E-state index contributed by atoms with van der Waals surface area (Å²) in [5, 5.41) is 9.33. The highest BCUT2D eigenvalue weighted by Crippen LogP contribution is 2.27. The first kappa shape index (κ1) is 16.6. The maximum absolute atomic E-state index is 5.93. The van der Waals surface area contributed by atoms with Crippen LogP contribution in [0.5, 0.6) is 0 Å².